The fourth-order valence-corrected chi connectivity index (χ4v) is 4.59. The Hall–Kier alpha value is -0.470. The first kappa shape index (κ1) is 15.9. The lowest BCUT2D eigenvalue weighted by Crippen LogP contribution is -2.26. The molecule has 0 saturated heterocycles. The molecule has 2 atom stereocenters. The standard InChI is InChI=1S/C18H29NS/c1-4-15-9-11-17(12-10-15)18(19-3)14(2)20-13-16-7-5-6-8-16/h9-12,14,16,18-19H,4-8,13H2,1-3H3. The SMILES string of the molecule is CCc1ccc(C(NC)C(C)SCC2CCCC2)cc1. The van der Waals surface area contributed by atoms with E-state index in [1.165, 1.54) is 42.6 Å². The lowest BCUT2D eigenvalue weighted by atomic mass is 10.0. The van der Waals surface area contributed by atoms with E-state index in [1.54, 1.807) is 0 Å². The minimum atomic E-state index is 0.465. The van der Waals surface area contributed by atoms with E-state index in [2.05, 4.69) is 62.2 Å². The molecule has 1 aliphatic carbocycles. The van der Waals surface area contributed by atoms with E-state index in [4.69, 9.17) is 0 Å². The molecule has 0 bridgehead atoms. The second kappa shape index (κ2) is 8.09. The molecule has 0 aromatic heterocycles. The second-order valence-corrected chi connectivity index (χ2v) is 7.46. The average Bonchev–Trinajstić information content (AvgIpc) is 3.00. The van der Waals surface area contributed by atoms with Crippen molar-refractivity contribution in [2.45, 2.75) is 57.2 Å². The van der Waals surface area contributed by atoms with Crippen molar-refractivity contribution in [1.82, 2.24) is 5.32 Å². The van der Waals surface area contributed by atoms with Crippen molar-refractivity contribution in [3.05, 3.63) is 35.4 Å². The lowest BCUT2D eigenvalue weighted by molar-refractivity contribution is 0.581. The van der Waals surface area contributed by atoms with Gasteiger partial charge in [-0.15, -0.1) is 0 Å². The second-order valence-electron chi connectivity index (χ2n) is 6.05. The van der Waals surface area contributed by atoms with Gasteiger partial charge in [0, 0.05) is 11.3 Å². The molecule has 1 fully saturated rings. The molecule has 112 valence electrons. The van der Waals surface area contributed by atoms with Gasteiger partial charge in [0.15, 0.2) is 0 Å². The maximum Gasteiger partial charge on any atom is 0.0435 e. The normalized spacial score (nSPS) is 19.1. The van der Waals surface area contributed by atoms with E-state index in [-0.39, 0.29) is 0 Å². The number of rotatable bonds is 7. The minimum Gasteiger partial charge on any atom is -0.312 e. The van der Waals surface area contributed by atoms with Crippen LogP contribution in [0, 0.1) is 5.92 Å². The molecule has 1 N–H and O–H groups in total. The van der Waals surface area contributed by atoms with Gasteiger partial charge < -0.3 is 5.32 Å². The third-order valence-electron chi connectivity index (χ3n) is 4.60. The molecule has 1 aliphatic rings. The van der Waals surface area contributed by atoms with Crippen LogP contribution in [0.3, 0.4) is 0 Å². The zero-order valence-electron chi connectivity index (χ0n) is 13.2. The van der Waals surface area contributed by atoms with Crippen molar-refractivity contribution < 1.29 is 0 Å². The summed E-state index contributed by atoms with van der Waals surface area (Å²) in [7, 11) is 2.09. The third-order valence-corrected chi connectivity index (χ3v) is 6.06. The topological polar surface area (TPSA) is 12.0 Å². The molecule has 2 rings (SSSR count). The molecule has 0 spiro atoms. The number of benzene rings is 1. The Bertz CT molecular complexity index is 381. The van der Waals surface area contributed by atoms with Gasteiger partial charge in [-0.1, -0.05) is 51.0 Å². The summed E-state index contributed by atoms with van der Waals surface area (Å²) in [6, 6.07) is 9.61. The van der Waals surface area contributed by atoms with Crippen LogP contribution in [0.25, 0.3) is 0 Å². The predicted molar refractivity (Wildman–Crippen MR) is 91.5 cm³/mol. The molecular weight excluding hydrogens is 262 g/mol. The summed E-state index contributed by atoms with van der Waals surface area (Å²) >= 11 is 2.15. The van der Waals surface area contributed by atoms with Crippen molar-refractivity contribution in [3.63, 3.8) is 0 Å². The van der Waals surface area contributed by atoms with Crippen LogP contribution in [0.4, 0.5) is 0 Å². The smallest absolute Gasteiger partial charge is 0.0435 e. The van der Waals surface area contributed by atoms with Gasteiger partial charge in [0.2, 0.25) is 0 Å². The summed E-state index contributed by atoms with van der Waals surface area (Å²) in [6.45, 7) is 4.58. The van der Waals surface area contributed by atoms with Crippen LogP contribution in [-0.4, -0.2) is 18.1 Å². The molecular formula is C18H29NS. The molecule has 2 heteroatoms. The van der Waals surface area contributed by atoms with Crippen LogP contribution in [-0.2, 0) is 6.42 Å². The maximum absolute atomic E-state index is 3.51. The summed E-state index contributed by atoms with van der Waals surface area (Å²) in [5, 5.41) is 4.14. The summed E-state index contributed by atoms with van der Waals surface area (Å²) in [5.74, 6) is 2.31. The zero-order chi connectivity index (χ0) is 14.4. The van der Waals surface area contributed by atoms with Gasteiger partial charge in [0.1, 0.15) is 0 Å². The van der Waals surface area contributed by atoms with E-state index in [0.717, 1.165) is 12.3 Å². The first-order valence-corrected chi connectivity index (χ1v) is 9.17. The van der Waals surface area contributed by atoms with E-state index < -0.39 is 0 Å². The molecule has 1 nitrogen and oxygen atoms in total. The molecule has 0 amide bonds. The highest BCUT2D eigenvalue weighted by Crippen LogP contribution is 2.33. The Labute approximate surface area is 128 Å². The van der Waals surface area contributed by atoms with Gasteiger partial charge in [-0.3, -0.25) is 0 Å². The van der Waals surface area contributed by atoms with Crippen molar-refractivity contribution in [2.24, 2.45) is 5.92 Å². The summed E-state index contributed by atoms with van der Waals surface area (Å²) in [5.41, 5.74) is 2.85. The monoisotopic (exact) mass is 291 g/mol. The third kappa shape index (κ3) is 4.26. The van der Waals surface area contributed by atoms with Gasteiger partial charge in [0.05, 0.1) is 0 Å². The molecule has 0 radical (unpaired) electrons. The largest absolute Gasteiger partial charge is 0.312 e. The lowest BCUT2D eigenvalue weighted by Gasteiger charge is -2.25. The molecule has 2 unspecified atom stereocenters. The number of thioether (sulfide) groups is 1. The van der Waals surface area contributed by atoms with E-state index in [0.29, 0.717) is 11.3 Å². The number of hydrogen-bond acceptors (Lipinski definition) is 2. The van der Waals surface area contributed by atoms with Crippen molar-refractivity contribution in [2.75, 3.05) is 12.8 Å². The molecule has 1 aromatic carbocycles. The molecule has 0 aliphatic heterocycles. The summed E-state index contributed by atoms with van der Waals surface area (Å²) < 4.78 is 0. The Kier molecular flexibility index (Phi) is 6.44. The van der Waals surface area contributed by atoms with E-state index >= 15 is 0 Å². The number of nitrogens with one attached hydrogen (secondary N) is 1. The zero-order valence-corrected chi connectivity index (χ0v) is 14.0. The van der Waals surface area contributed by atoms with Crippen molar-refractivity contribution >= 4 is 11.8 Å². The fourth-order valence-electron chi connectivity index (χ4n) is 3.19. The van der Waals surface area contributed by atoms with Crippen molar-refractivity contribution in [3.8, 4) is 0 Å². The van der Waals surface area contributed by atoms with Crippen LogP contribution in [0.1, 0.15) is 56.7 Å². The maximum atomic E-state index is 3.51. The summed E-state index contributed by atoms with van der Waals surface area (Å²) in [4.78, 5) is 0. The molecule has 1 aromatic rings. The van der Waals surface area contributed by atoms with Gasteiger partial charge in [-0.25, -0.2) is 0 Å². The summed E-state index contributed by atoms with van der Waals surface area (Å²) in [6.07, 6.45) is 6.93. The van der Waals surface area contributed by atoms with Crippen LogP contribution in [0.5, 0.6) is 0 Å². The highest BCUT2D eigenvalue weighted by Gasteiger charge is 2.21. The fraction of sp³-hybridized carbons (Fsp3) is 0.667. The van der Waals surface area contributed by atoms with Crippen molar-refractivity contribution in [1.29, 1.82) is 0 Å². The number of hydrogen-bond donors (Lipinski definition) is 1. The predicted octanol–water partition coefficient (Wildman–Crippen LogP) is 4.82. The Morgan fingerprint density at radius 1 is 1.20 bits per heavy atom. The first-order chi connectivity index (χ1) is 9.74. The van der Waals surface area contributed by atoms with Gasteiger partial charge >= 0.3 is 0 Å². The minimum absolute atomic E-state index is 0.465. The highest BCUT2D eigenvalue weighted by molar-refractivity contribution is 7.99. The van der Waals surface area contributed by atoms with E-state index in [1.807, 2.05) is 0 Å². The van der Waals surface area contributed by atoms with Crippen LogP contribution >= 0.6 is 11.8 Å². The Balaban J connectivity index is 1.91. The Morgan fingerprint density at radius 3 is 2.40 bits per heavy atom. The van der Waals surface area contributed by atoms with Gasteiger partial charge in [0.25, 0.3) is 0 Å². The quantitative estimate of drug-likeness (QED) is 0.773. The number of aryl methyl sites for hydroxylation is 1. The molecule has 0 heterocycles. The van der Waals surface area contributed by atoms with Crippen LogP contribution in [0.15, 0.2) is 24.3 Å². The molecule has 20 heavy (non-hydrogen) atoms. The highest BCUT2D eigenvalue weighted by atomic mass is 32.2. The van der Waals surface area contributed by atoms with Crippen LogP contribution < -0.4 is 5.32 Å². The average molecular weight is 292 g/mol. The molecule has 1 saturated carbocycles. The van der Waals surface area contributed by atoms with Crippen LogP contribution in [0.2, 0.25) is 0 Å². The van der Waals surface area contributed by atoms with Gasteiger partial charge in [-0.2, -0.15) is 11.8 Å². The first-order valence-electron chi connectivity index (χ1n) is 8.12. The van der Waals surface area contributed by atoms with Gasteiger partial charge in [-0.05, 0) is 49.1 Å². The van der Waals surface area contributed by atoms with E-state index in [9.17, 15) is 0 Å². The Morgan fingerprint density at radius 2 is 1.85 bits per heavy atom.